The first-order valence-corrected chi connectivity index (χ1v) is 7.78. The van der Waals surface area contributed by atoms with Gasteiger partial charge in [0.15, 0.2) is 6.61 Å². The summed E-state index contributed by atoms with van der Waals surface area (Å²) in [4.78, 5) is 24.4. The van der Waals surface area contributed by atoms with Crippen molar-refractivity contribution in [3.05, 3.63) is 59.7 Å². The maximum Gasteiger partial charge on any atom is 0.338 e. The molecule has 0 aromatic heterocycles. The highest BCUT2D eigenvalue weighted by atomic mass is 32.2. The lowest BCUT2D eigenvalue weighted by Crippen LogP contribution is -2.21. The Morgan fingerprint density at radius 2 is 1.83 bits per heavy atom. The fraction of sp³-hybridized carbons (Fsp3) is 0.125. The van der Waals surface area contributed by atoms with Gasteiger partial charge < -0.3 is 10.1 Å². The Morgan fingerprint density at radius 3 is 2.48 bits per heavy atom. The first-order valence-electron chi connectivity index (χ1n) is 6.55. The van der Waals surface area contributed by atoms with Gasteiger partial charge in [0.25, 0.3) is 5.91 Å². The molecule has 0 aliphatic rings. The van der Waals surface area contributed by atoms with Crippen molar-refractivity contribution in [2.75, 3.05) is 18.2 Å². The summed E-state index contributed by atoms with van der Waals surface area (Å²) in [5.74, 6) is -2.90. The third-order valence-electron chi connectivity index (χ3n) is 2.86. The molecule has 0 aliphatic heterocycles. The molecule has 0 saturated heterocycles. The van der Waals surface area contributed by atoms with E-state index in [4.69, 9.17) is 4.74 Å². The normalized spacial score (nSPS) is 10.2. The third kappa shape index (κ3) is 4.79. The Hall–Kier alpha value is -2.41. The van der Waals surface area contributed by atoms with Crippen molar-refractivity contribution >= 4 is 29.3 Å². The summed E-state index contributed by atoms with van der Waals surface area (Å²) in [7, 11) is 0. The smallest absolute Gasteiger partial charge is 0.338 e. The van der Waals surface area contributed by atoms with Gasteiger partial charge in [-0.3, -0.25) is 4.79 Å². The van der Waals surface area contributed by atoms with E-state index in [-0.39, 0.29) is 5.69 Å². The average Bonchev–Trinajstić information content (AvgIpc) is 2.56. The van der Waals surface area contributed by atoms with Crippen molar-refractivity contribution in [2.45, 2.75) is 4.90 Å². The molecular weight excluding hydrogens is 324 g/mol. The summed E-state index contributed by atoms with van der Waals surface area (Å²) in [5, 5.41) is 2.14. The van der Waals surface area contributed by atoms with Crippen LogP contribution < -0.4 is 5.32 Å². The second-order valence-electron chi connectivity index (χ2n) is 4.48. The summed E-state index contributed by atoms with van der Waals surface area (Å²) in [5.41, 5.74) is -0.0112. The third-order valence-corrected chi connectivity index (χ3v) is 3.61. The molecule has 7 heteroatoms. The molecule has 1 N–H and O–H groups in total. The molecule has 2 aromatic carbocycles. The number of esters is 1. The van der Waals surface area contributed by atoms with Gasteiger partial charge in [0, 0.05) is 11.0 Å². The van der Waals surface area contributed by atoms with Gasteiger partial charge in [-0.1, -0.05) is 0 Å². The molecule has 0 saturated carbocycles. The highest BCUT2D eigenvalue weighted by molar-refractivity contribution is 7.98. The van der Waals surface area contributed by atoms with Crippen LogP contribution in [0.25, 0.3) is 0 Å². The van der Waals surface area contributed by atoms with Gasteiger partial charge in [-0.2, -0.15) is 0 Å². The van der Waals surface area contributed by atoms with Gasteiger partial charge in [-0.15, -0.1) is 11.8 Å². The molecule has 4 nitrogen and oxygen atoms in total. The summed E-state index contributed by atoms with van der Waals surface area (Å²) >= 11 is 1.53. The van der Waals surface area contributed by atoms with Gasteiger partial charge in [0.05, 0.1) is 11.3 Å². The molecule has 0 radical (unpaired) electrons. The van der Waals surface area contributed by atoms with Crippen LogP contribution >= 0.6 is 11.8 Å². The van der Waals surface area contributed by atoms with Crippen LogP contribution in [-0.2, 0) is 9.53 Å². The summed E-state index contributed by atoms with van der Waals surface area (Å²) < 4.78 is 31.2. The lowest BCUT2D eigenvalue weighted by Gasteiger charge is -2.08. The summed E-state index contributed by atoms with van der Waals surface area (Å²) in [6, 6.07) is 9.34. The molecule has 0 unspecified atom stereocenters. The number of hydrogen-bond acceptors (Lipinski definition) is 4. The van der Waals surface area contributed by atoms with Crippen molar-refractivity contribution in [1.82, 2.24) is 0 Å². The number of ether oxygens (including phenoxy) is 1. The zero-order valence-corrected chi connectivity index (χ0v) is 13.0. The second-order valence-corrected chi connectivity index (χ2v) is 5.36. The van der Waals surface area contributed by atoms with Crippen LogP contribution in [0.5, 0.6) is 0 Å². The lowest BCUT2D eigenvalue weighted by atomic mass is 10.2. The van der Waals surface area contributed by atoms with Crippen LogP contribution in [-0.4, -0.2) is 24.7 Å². The monoisotopic (exact) mass is 337 g/mol. The molecule has 0 heterocycles. The average molecular weight is 337 g/mol. The van der Waals surface area contributed by atoms with E-state index in [0.717, 1.165) is 23.1 Å². The Morgan fingerprint density at radius 1 is 1.13 bits per heavy atom. The number of hydrogen-bond donors (Lipinski definition) is 1. The van der Waals surface area contributed by atoms with E-state index in [1.54, 1.807) is 24.3 Å². The van der Waals surface area contributed by atoms with E-state index >= 15 is 0 Å². The van der Waals surface area contributed by atoms with E-state index in [0.29, 0.717) is 5.56 Å². The van der Waals surface area contributed by atoms with Gasteiger partial charge in [-0.25, -0.2) is 13.6 Å². The molecule has 0 aliphatic carbocycles. The largest absolute Gasteiger partial charge is 0.452 e. The molecule has 2 rings (SSSR count). The van der Waals surface area contributed by atoms with Crippen LogP contribution in [0.4, 0.5) is 14.5 Å². The van der Waals surface area contributed by atoms with E-state index < -0.39 is 30.1 Å². The Bertz CT molecular complexity index is 720. The minimum Gasteiger partial charge on any atom is -0.452 e. The SMILES string of the molecule is CSc1ccc(C(=O)OCC(=O)Nc2cc(F)ccc2F)cc1. The maximum atomic E-state index is 13.4. The second kappa shape index (κ2) is 7.73. The molecule has 0 fully saturated rings. The van der Waals surface area contributed by atoms with Crippen molar-refractivity contribution in [2.24, 2.45) is 0 Å². The number of halogens is 2. The number of carbonyl (C=O) groups excluding carboxylic acids is 2. The highest BCUT2D eigenvalue weighted by Gasteiger charge is 2.12. The zero-order chi connectivity index (χ0) is 16.8. The van der Waals surface area contributed by atoms with Crippen LogP contribution in [0.1, 0.15) is 10.4 Å². The number of anilines is 1. The number of nitrogens with one attached hydrogen (secondary N) is 1. The molecule has 0 spiro atoms. The fourth-order valence-electron chi connectivity index (χ4n) is 1.72. The standard InChI is InChI=1S/C16H13F2NO3S/c1-23-12-5-2-10(3-6-12)16(21)22-9-15(20)19-14-8-11(17)4-7-13(14)18/h2-8H,9H2,1H3,(H,19,20). The molecule has 1 amide bonds. The lowest BCUT2D eigenvalue weighted by molar-refractivity contribution is -0.119. The van der Waals surface area contributed by atoms with Crippen molar-refractivity contribution < 1.29 is 23.1 Å². The topological polar surface area (TPSA) is 55.4 Å². The van der Waals surface area contributed by atoms with E-state index in [1.807, 2.05) is 6.26 Å². The Balaban J connectivity index is 1.90. The predicted octanol–water partition coefficient (Wildman–Crippen LogP) is 3.48. The van der Waals surface area contributed by atoms with Crippen molar-refractivity contribution in [3.8, 4) is 0 Å². The van der Waals surface area contributed by atoms with Gasteiger partial charge in [0.2, 0.25) is 0 Å². The first-order chi connectivity index (χ1) is 11.0. The molecule has 0 bridgehead atoms. The Kier molecular flexibility index (Phi) is 5.70. The van der Waals surface area contributed by atoms with Gasteiger partial charge in [0.1, 0.15) is 11.6 Å². The van der Waals surface area contributed by atoms with E-state index in [9.17, 15) is 18.4 Å². The van der Waals surface area contributed by atoms with E-state index in [1.165, 1.54) is 11.8 Å². The molecule has 0 atom stereocenters. The number of amides is 1. The minimum atomic E-state index is -0.779. The number of rotatable bonds is 5. The minimum absolute atomic E-state index is 0.299. The van der Waals surface area contributed by atoms with Gasteiger partial charge >= 0.3 is 5.97 Å². The predicted molar refractivity (Wildman–Crippen MR) is 83.5 cm³/mol. The first kappa shape index (κ1) is 17.0. The molecular formula is C16H13F2NO3S. The highest BCUT2D eigenvalue weighted by Crippen LogP contribution is 2.16. The van der Waals surface area contributed by atoms with Crippen LogP contribution in [0.2, 0.25) is 0 Å². The molecule has 23 heavy (non-hydrogen) atoms. The van der Waals surface area contributed by atoms with Crippen LogP contribution in [0, 0.1) is 11.6 Å². The summed E-state index contributed by atoms with van der Waals surface area (Å²) in [6.45, 7) is -0.598. The summed E-state index contributed by atoms with van der Waals surface area (Å²) in [6.07, 6.45) is 1.91. The number of benzene rings is 2. The quantitative estimate of drug-likeness (QED) is 0.670. The number of carbonyl (C=O) groups is 2. The van der Waals surface area contributed by atoms with Crippen molar-refractivity contribution in [3.63, 3.8) is 0 Å². The Labute approximate surface area is 135 Å². The number of thioether (sulfide) groups is 1. The molecule has 2 aromatic rings. The van der Waals surface area contributed by atoms with E-state index in [2.05, 4.69) is 5.32 Å². The maximum absolute atomic E-state index is 13.4. The fourth-order valence-corrected chi connectivity index (χ4v) is 2.13. The van der Waals surface area contributed by atoms with Crippen molar-refractivity contribution in [1.29, 1.82) is 0 Å². The van der Waals surface area contributed by atoms with Crippen LogP contribution in [0.3, 0.4) is 0 Å². The molecule has 120 valence electrons. The zero-order valence-electron chi connectivity index (χ0n) is 12.1. The van der Waals surface area contributed by atoms with Gasteiger partial charge in [-0.05, 0) is 42.7 Å². The van der Waals surface area contributed by atoms with Crippen LogP contribution in [0.15, 0.2) is 47.4 Å².